The van der Waals surface area contributed by atoms with Crippen LogP contribution in [0.4, 0.5) is 5.69 Å². The molecule has 0 saturated heterocycles. The van der Waals surface area contributed by atoms with Crippen LogP contribution >= 0.6 is 0 Å². The molecule has 8 nitrogen and oxygen atoms in total. The summed E-state index contributed by atoms with van der Waals surface area (Å²) in [6.07, 6.45) is 0.625. The Bertz CT molecular complexity index is 1750. The highest BCUT2D eigenvalue weighted by Crippen LogP contribution is 2.40. The lowest BCUT2D eigenvalue weighted by atomic mass is 9.92. The number of hydrogen-bond donors (Lipinski definition) is 1. The first-order chi connectivity index (χ1) is 21.2. The van der Waals surface area contributed by atoms with Gasteiger partial charge in [-0.1, -0.05) is 42.0 Å². The first-order valence-electron chi connectivity index (χ1n) is 14.7. The van der Waals surface area contributed by atoms with Crippen molar-refractivity contribution in [1.29, 1.82) is 0 Å². The Labute approximate surface area is 259 Å². The van der Waals surface area contributed by atoms with E-state index in [-0.39, 0.29) is 17.7 Å². The fourth-order valence-corrected chi connectivity index (χ4v) is 6.45. The van der Waals surface area contributed by atoms with E-state index in [1.165, 1.54) is 0 Å². The van der Waals surface area contributed by atoms with Crippen LogP contribution in [0.5, 0.6) is 17.2 Å². The van der Waals surface area contributed by atoms with Crippen molar-refractivity contribution in [1.82, 2.24) is 0 Å². The third-order valence-electron chi connectivity index (χ3n) is 7.55. The van der Waals surface area contributed by atoms with Gasteiger partial charge in [-0.15, -0.1) is 0 Å². The number of para-hydroxylation sites is 1. The predicted octanol–water partition coefficient (Wildman–Crippen LogP) is 7.39. The number of hydrogen-bond acceptors (Lipinski definition) is 7. The van der Waals surface area contributed by atoms with Gasteiger partial charge in [-0.05, 0) is 86.8 Å². The second kappa shape index (κ2) is 13.5. The molecule has 1 heterocycles. The normalized spacial score (nSPS) is 13.9. The van der Waals surface area contributed by atoms with Crippen molar-refractivity contribution in [2.75, 3.05) is 31.1 Å². The minimum absolute atomic E-state index is 0.155. The number of anilines is 1. The average molecular weight is 616 g/mol. The summed E-state index contributed by atoms with van der Waals surface area (Å²) < 4.78 is 54.0. The van der Waals surface area contributed by atoms with Crippen LogP contribution in [0, 0.1) is 13.8 Å². The van der Waals surface area contributed by atoms with Gasteiger partial charge in [0.25, 0.3) is 0 Å². The summed E-state index contributed by atoms with van der Waals surface area (Å²) in [7, 11) is -4.08. The van der Waals surface area contributed by atoms with Gasteiger partial charge < -0.3 is 18.9 Å². The number of carbonyl (C=O) groups excluding carboxylic acids is 1. The summed E-state index contributed by atoms with van der Waals surface area (Å²) in [6, 6.07) is 23.5. The minimum atomic E-state index is -4.08. The Hall–Kier alpha value is -4.34. The van der Waals surface area contributed by atoms with E-state index in [0.29, 0.717) is 43.4 Å². The molecule has 0 aromatic heterocycles. The monoisotopic (exact) mass is 615 g/mol. The predicted molar refractivity (Wildman–Crippen MR) is 171 cm³/mol. The zero-order valence-electron chi connectivity index (χ0n) is 25.4. The largest absolute Gasteiger partial charge is 0.491 e. The third kappa shape index (κ3) is 6.90. The molecular formula is C35H37NO7S. The van der Waals surface area contributed by atoms with E-state index in [2.05, 4.69) is 4.72 Å². The quantitative estimate of drug-likeness (QED) is 0.196. The summed E-state index contributed by atoms with van der Waals surface area (Å²) in [6.45, 7) is 8.87. The van der Waals surface area contributed by atoms with Gasteiger partial charge in [0.05, 0.1) is 31.1 Å². The lowest BCUT2D eigenvalue weighted by Crippen LogP contribution is -2.22. The fourth-order valence-electron chi connectivity index (χ4n) is 5.26. The van der Waals surface area contributed by atoms with Gasteiger partial charge in [0.2, 0.25) is 10.0 Å². The lowest BCUT2D eigenvalue weighted by Gasteiger charge is -2.23. The van der Waals surface area contributed by atoms with Crippen LogP contribution < -0.4 is 14.2 Å². The second-order valence-electron chi connectivity index (χ2n) is 10.7. The molecule has 4 aromatic rings. The average Bonchev–Trinajstić information content (AvgIpc) is 2.99. The van der Waals surface area contributed by atoms with Crippen molar-refractivity contribution in [2.24, 2.45) is 0 Å². The van der Waals surface area contributed by atoms with Crippen molar-refractivity contribution in [2.45, 2.75) is 39.4 Å². The minimum Gasteiger partial charge on any atom is -0.491 e. The maximum atomic E-state index is 14.1. The molecule has 1 unspecified atom stereocenters. The van der Waals surface area contributed by atoms with E-state index >= 15 is 0 Å². The maximum absolute atomic E-state index is 14.1. The molecule has 0 bridgehead atoms. The maximum Gasteiger partial charge on any atom is 0.338 e. The third-order valence-corrected chi connectivity index (χ3v) is 9.24. The molecule has 230 valence electrons. The lowest BCUT2D eigenvalue weighted by molar-refractivity contribution is 0.0525. The fraction of sp³-hybridized carbons (Fsp3) is 0.286. The summed E-state index contributed by atoms with van der Waals surface area (Å²) in [4.78, 5) is 12.9. The van der Waals surface area contributed by atoms with Crippen molar-refractivity contribution < 1.29 is 32.2 Å². The van der Waals surface area contributed by atoms with Gasteiger partial charge in [-0.3, -0.25) is 4.72 Å². The van der Waals surface area contributed by atoms with Gasteiger partial charge in [0.1, 0.15) is 29.1 Å². The van der Waals surface area contributed by atoms with Crippen molar-refractivity contribution in [3.05, 3.63) is 107 Å². The van der Waals surface area contributed by atoms with Crippen LogP contribution in [0.1, 0.15) is 51.7 Å². The van der Waals surface area contributed by atoms with Crippen LogP contribution in [0.15, 0.2) is 78.9 Å². The molecule has 5 rings (SSSR count). The van der Waals surface area contributed by atoms with Crippen LogP contribution in [0.2, 0.25) is 0 Å². The number of aryl methyl sites for hydroxylation is 2. The van der Waals surface area contributed by atoms with Crippen molar-refractivity contribution >= 4 is 21.7 Å². The Balaban J connectivity index is 1.54. The van der Waals surface area contributed by atoms with Crippen LogP contribution in [-0.2, 0) is 25.9 Å². The number of carbonyl (C=O) groups is 1. The zero-order chi connectivity index (χ0) is 31.3. The van der Waals surface area contributed by atoms with E-state index in [4.69, 9.17) is 18.9 Å². The molecule has 44 heavy (non-hydrogen) atoms. The highest BCUT2D eigenvalue weighted by Gasteiger charge is 2.29. The molecule has 1 N–H and O–H groups in total. The van der Waals surface area contributed by atoms with E-state index in [1.807, 2.05) is 56.3 Å². The van der Waals surface area contributed by atoms with Crippen LogP contribution in [0.25, 0.3) is 11.1 Å². The van der Waals surface area contributed by atoms with Crippen LogP contribution in [-0.4, -0.2) is 40.8 Å². The number of ether oxygens (including phenoxy) is 4. The van der Waals surface area contributed by atoms with Gasteiger partial charge in [-0.25, -0.2) is 13.2 Å². The molecule has 0 spiro atoms. The summed E-state index contributed by atoms with van der Waals surface area (Å²) in [5.41, 5.74) is 5.41. The van der Waals surface area contributed by atoms with Gasteiger partial charge >= 0.3 is 5.97 Å². The molecule has 0 saturated carbocycles. The number of benzene rings is 4. The molecule has 1 aliphatic heterocycles. The Morgan fingerprint density at radius 2 is 1.70 bits per heavy atom. The first-order valence-corrected chi connectivity index (χ1v) is 16.2. The van der Waals surface area contributed by atoms with Crippen molar-refractivity contribution in [3.8, 4) is 28.4 Å². The summed E-state index contributed by atoms with van der Waals surface area (Å²) >= 11 is 0. The van der Waals surface area contributed by atoms with E-state index in [1.54, 1.807) is 50.2 Å². The van der Waals surface area contributed by atoms with Gasteiger partial charge in [-0.2, -0.15) is 0 Å². The number of sulfonamides is 1. The Morgan fingerprint density at radius 1 is 0.909 bits per heavy atom. The standard InChI is InChI=1S/C35H37NO7S/c1-5-41-35(37)30-15-13-27(43-26-9-7-6-8-10-26)22-31(30)25(4)44(38,39)36-33-16-11-23(2)21-32(33)28-14-12-24(3)34-29(28)17-18-40-19-20-42-34/h6-16,21-22,25,36H,5,17-20H2,1-4H3. The molecular weight excluding hydrogens is 578 g/mol. The second-order valence-corrected chi connectivity index (χ2v) is 12.7. The highest BCUT2D eigenvalue weighted by molar-refractivity contribution is 7.92. The molecule has 9 heteroatoms. The molecule has 1 aliphatic rings. The summed E-state index contributed by atoms with van der Waals surface area (Å²) in [5.74, 6) is 1.19. The van der Waals surface area contributed by atoms with E-state index in [9.17, 15) is 13.2 Å². The molecule has 0 aliphatic carbocycles. The van der Waals surface area contributed by atoms with Gasteiger partial charge in [0, 0.05) is 17.5 Å². The first kappa shape index (κ1) is 31.1. The molecule has 0 amide bonds. The number of nitrogens with one attached hydrogen (secondary N) is 1. The van der Waals surface area contributed by atoms with Crippen molar-refractivity contribution in [3.63, 3.8) is 0 Å². The SMILES string of the molecule is CCOC(=O)c1ccc(Oc2ccccc2)cc1C(C)S(=O)(=O)Nc1ccc(C)cc1-c1ccc(C)c2c1CCOCCO2. The highest BCUT2D eigenvalue weighted by atomic mass is 32.2. The van der Waals surface area contributed by atoms with E-state index < -0.39 is 21.2 Å². The zero-order valence-corrected chi connectivity index (χ0v) is 26.2. The number of esters is 1. The summed E-state index contributed by atoms with van der Waals surface area (Å²) in [5, 5.41) is -1.13. The molecule has 4 aromatic carbocycles. The topological polar surface area (TPSA) is 100 Å². The van der Waals surface area contributed by atoms with Gasteiger partial charge in [0.15, 0.2) is 0 Å². The Kier molecular flexibility index (Phi) is 9.56. The van der Waals surface area contributed by atoms with E-state index in [0.717, 1.165) is 33.6 Å². The number of rotatable bonds is 9. The molecule has 0 radical (unpaired) electrons. The van der Waals surface area contributed by atoms with Crippen LogP contribution in [0.3, 0.4) is 0 Å². The molecule has 0 fully saturated rings. The Morgan fingerprint density at radius 3 is 2.48 bits per heavy atom. The smallest absolute Gasteiger partial charge is 0.338 e. The molecule has 1 atom stereocenters. The number of fused-ring (bicyclic) bond motifs is 1.